The van der Waals surface area contributed by atoms with Crippen molar-refractivity contribution in [3.05, 3.63) is 143 Å². The van der Waals surface area contributed by atoms with Gasteiger partial charge in [-0.25, -0.2) is 0 Å². The van der Waals surface area contributed by atoms with Gasteiger partial charge in [0.1, 0.15) is 0 Å². The third-order valence-corrected chi connectivity index (χ3v) is 9.03. The highest BCUT2D eigenvalue weighted by Gasteiger charge is 2.52. The van der Waals surface area contributed by atoms with Crippen LogP contribution in [0.25, 0.3) is 0 Å². The maximum Gasteiger partial charge on any atom is 0.264 e. The molecule has 2 aliphatic heterocycles. The molecule has 234 valence electrons. The number of aliphatic hydroxyl groups excluding tert-OH is 1. The molecular formula is C38H37N3O5. The average Bonchev–Trinajstić information content (AvgIpc) is 3.31. The summed E-state index contributed by atoms with van der Waals surface area (Å²) >= 11 is 0. The molecule has 0 saturated carbocycles. The zero-order valence-corrected chi connectivity index (χ0v) is 25.7. The van der Waals surface area contributed by atoms with E-state index in [0.717, 1.165) is 16.7 Å². The molecule has 0 spiro atoms. The van der Waals surface area contributed by atoms with Gasteiger partial charge in [-0.3, -0.25) is 14.4 Å². The maximum absolute atomic E-state index is 13.9. The van der Waals surface area contributed by atoms with Crippen LogP contribution in [0.5, 0.6) is 0 Å². The molecule has 0 aromatic heterocycles. The molecule has 0 aliphatic carbocycles. The minimum atomic E-state index is -1.81. The number of aliphatic hydroxyl groups is 2. The zero-order chi connectivity index (χ0) is 32.3. The van der Waals surface area contributed by atoms with E-state index in [1.54, 1.807) is 65.3 Å². The molecule has 2 heterocycles. The lowest BCUT2D eigenvalue weighted by Crippen LogP contribution is -2.46. The molecular weight excluding hydrogens is 578 g/mol. The lowest BCUT2D eigenvalue weighted by atomic mass is 9.83. The van der Waals surface area contributed by atoms with E-state index >= 15 is 0 Å². The predicted molar refractivity (Wildman–Crippen MR) is 177 cm³/mol. The fraction of sp³-hybridized carbons (Fsp3) is 0.237. The van der Waals surface area contributed by atoms with E-state index in [0.29, 0.717) is 35.5 Å². The van der Waals surface area contributed by atoms with Crippen LogP contribution in [-0.4, -0.2) is 45.5 Å². The van der Waals surface area contributed by atoms with Crippen molar-refractivity contribution in [2.75, 3.05) is 16.8 Å². The lowest BCUT2D eigenvalue weighted by Gasteiger charge is -2.36. The summed E-state index contributed by atoms with van der Waals surface area (Å²) < 4.78 is 0. The largest absolute Gasteiger partial charge is 0.394 e. The second-order valence-corrected chi connectivity index (χ2v) is 11.9. The van der Waals surface area contributed by atoms with Gasteiger partial charge in [0.2, 0.25) is 5.91 Å². The first-order valence-electron chi connectivity index (χ1n) is 15.5. The molecule has 3 N–H and O–H groups in total. The molecule has 4 aromatic rings. The minimum absolute atomic E-state index is 0.0891. The van der Waals surface area contributed by atoms with Crippen LogP contribution in [0.3, 0.4) is 0 Å². The van der Waals surface area contributed by atoms with Gasteiger partial charge in [-0.15, -0.1) is 0 Å². The molecule has 6 rings (SSSR count). The van der Waals surface area contributed by atoms with Gasteiger partial charge < -0.3 is 25.3 Å². The SMILES string of the molecule is C[C@@H](/C=C/CC(=O)N1Cc2ccccc2C[C@H]1CO)[C@]1(O)C(=O)N(Cc2ccc(NC(=O)c3ccccc3)cc2)c2ccccc21. The standard InChI is InChI=1S/C38H37N3O5/c1-26(10-9-17-35(43)40-24-30-14-6-5-13-29(30)22-32(40)25-42)38(46)33-15-7-8-16-34(33)41(37(38)45)23-27-18-20-31(21-19-27)39-36(44)28-11-3-2-4-12-28/h2-16,18-21,26,32,42,46H,17,22-25H2,1H3,(H,39,44)/b10-9+/t26-,32-,38+/m0/s1. The quantitative estimate of drug-likeness (QED) is 0.224. The third-order valence-electron chi connectivity index (χ3n) is 9.03. The summed E-state index contributed by atoms with van der Waals surface area (Å²) in [6.07, 6.45) is 4.13. The number of hydrogen-bond acceptors (Lipinski definition) is 5. The summed E-state index contributed by atoms with van der Waals surface area (Å²) in [5, 5.41) is 24.8. The van der Waals surface area contributed by atoms with Crippen molar-refractivity contribution in [3.63, 3.8) is 0 Å². The van der Waals surface area contributed by atoms with E-state index in [4.69, 9.17) is 0 Å². The Hall–Kier alpha value is -5.05. The average molecular weight is 616 g/mol. The number of para-hydroxylation sites is 1. The Morgan fingerprint density at radius 1 is 0.935 bits per heavy atom. The molecule has 0 bridgehead atoms. The van der Waals surface area contributed by atoms with E-state index in [2.05, 4.69) is 5.32 Å². The highest BCUT2D eigenvalue weighted by atomic mass is 16.3. The number of amides is 3. The van der Waals surface area contributed by atoms with E-state index in [1.165, 1.54) is 0 Å². The van der Waals surface area contributed by atoms with Crippen LogP contribution >= 0.6 is 0 Å². The summed E-state index contributed by atoms with van der Waals surface area (Å²) in [5.74, 6) is -1.38. The number of carbonyl (C=O) groups is 3. The third kappa shape index (κ3) is 5.97. The number of carbonyl (C=O) groups excluding carboxylic acids is 3. The first-order chi connectivity index (χ1) is 22.3. The van der Waals surface area contributed by atoms with E-state index in [9.17, 15) is 24.6 Å². The smallest absolute Gasteiger partial charge is 0.264 e. The summed E-state index contributed by atoms with van der Waals surface area (Å²) in [6.45, 7) is 2.33. The molecule has 8 nitrogen and oxygen atoms in total. The number of nitrogens with zero attached hydrogens (tertiary/aromatic N) is 2. The van der Waals surface area contributed by atoms with Crippen molar-refractivity contribution in [3.8, 4) is 0 Å². The Morgan fingerprint density at radius 3 is 2.35 bits per heavy atom. The maximum atomic E-state index is 13.9. The van der Waals surface area contributed by atoms with E-state index < -0.39 is 17.4 Å². The van der Waals surface area contributed by atoms with Crippen LogP contribution in [0.15, 0.2) is 115 Å². The van der Waals surface area contributed by atoms with E-state index in [1.807, 2.05) is 66.7 Å². The predicted octanol–water partition coefficient (Wildman–Crippen LogP) is 5.20. The monoisotopic (exact) mass is 615 g/mol. The van der Waals surface area contributed by atoms with Crippen molar-refractivity contribution >= 4 is 29.1 Å². The van der Waals surface area contributed by atoms with Gasteiger partial charge in [-0.05, 0) is 53.4 Å². The van der Waals surface area contributed by atoms with Crippen molar-refractivity contribution < 1.29 is 24.6 Å². The van der Waals surface area contributed by atoms with Gasteiger partial charge in [0.25, 0.3) is 11.8 Å². The fourth-order valence-electron chi connectivity index (χ4n) is 6.40. The first-order valence-corrected chi connectivity index (χ1v) is 15.5. The molecule has 2 aliphatic rings. The summed E-state index contributed by atoms with van der Waals surface area (Å²) in [7, 11) is 0. The van der Waals surface area contributed by atoms with Crippen molar-refractivity contribution in [1.82, 2.24) is 4.90 Å². The summed E-state index contributed by atoms with van der Waals surface area (Å²) in [4.78, 5) is 43.0. The second kappa shape index (κ2) is 13.1. The molecule has 0 radical (unpaired) electrons. The molecule has 8 heteroatoms. The molecule has 0 saturated heterocycles. The Balaban J connectivity index is 1.13. The highest BCUT2D eigenvalue weighted by Crippen LogP contribution is 2.45. The van der Waals surface area contributed by atoms with Crippen LogP contribution in [0.4, 0.5) is 11.4 Å². The lowest BCUT2D eigenvalue weighted by molar-refractivity contribution is -0.139. The van der Waals surface area contributed by atoms with Gasteiger partial charge in [0.05, 0.1) is 24.9 Å². The number of rotatable bonds is 9. The zero-order valence-electron chi connectivity index (χ0n) is 25.7. The van der Waals surface area contributed by atoms with Crippen LogP contribution < -0.4 is 10.2 Å². The van der Waals surface area contributed by atoms with Gasteiger partial charge in [0, 0.05) is 35.7 Å². The Morgan fingerprint density at radius 2 is 1.61 bits per heavy atom. The molecule has 0 unspecified atom stereocenters. The van der Waals surface area contributed by atoms with Gasteiger partial charge >= 0.3 is 0 Å². The van der Waals surface area contributed by atoms with Crippen LogP contribution in [0, 0.1) is 5.92 Å². The first kappa shape index (κ1) is 31.0. The van der Waals surface area contributed by atoms with Crippen LogP contribution in [-0.2, 0) is 34.7 Å². The number of hydrogen-bond donors (Lipinski definition) is 3. The molecule has 4 aromatic carbocycles. The van der Waals surface area contributed by atoms with Crippen molar-refractivity contribution in [2.24, 2.45) is 5.92 Å². The Labute approximate surface area is 268 Å². The van der Waals surface area contributed by atoms with Crippen LogP contribution in [0.2, 0.25) is 0 Å². The molecule has 3 atom stereocenters. The van der Waals surface area contributed by atoms with Crippen LogP contribution in [0.1, 0.15) is 46.0 Å². The molecule has 46 heavy (non-hydrogen) atoms. The fourth-order valence-corrected chi connectivity index (χ4v) is 6.40. The molecule has 0 fully saturated rings. The number of nitrogens with one attached hydrogen (secondary N) is 1. The molecule has 3 amide bonds. The topological polar surface area (TPSA) is 110 Å². The Kier molecular flexibility index (Phi) is 8.83. The van der Waals surface area contributed by atoms with Gasteiger partial charge in [0.15, 0.2) is 5.60 Å². The summed E-state index contributed by atoms with van der Waals surface area (Å²) in [5.41, 5.74) is 3.59. The number of fused-ring (bicyclic) bond motifs is 2. The normalized spacial score (nSPS) is 19.5. The Bertz CT molecular complexity index is 1770. The van der Waals surface area contributed by atoms with E-state index in [-0.39, 0.29) is 37.4 Å². The van der Waals surface area contributed by atoms with Gasteiger partial charge in [-0.1, -0.05) is 91.9 Å². The number of benzene rings is 4. The number of anilines is 2. The second-order valence-electron chi connectivity index (χ2n) is 11.9. The minimum Gasteiger partial charge on any atom is -0.394 e. The van der Waals surface area contributed by atoms with Crippen molar-refractivity contribution in [1.29, 1.82) is 0 Å². The summed E-state index contributed by atoms with van der Waals surface area (Å²) in [6, 6.07) is 31.1. The highest BCUT2D eigenvalue weighted by molar-refractivity contribution is 6.07. The van der Waals surface area contributed by atoms with Crippen molar-refractivity contribution in [2.45, 2.75) is 44.5 Å². The van der Waals surface area contributed by atoms with Gasteiger partial charge in [-0.2, -0.15) is 0 Å².